The molecule has 0 aliphatic rings. The second-order valence-electron chi connectivity index (χ2n) is 4.79. The molecule has 1 atom stereocenters. The molecule has 0 saturated heterocycles. The van der Waals surface area contributed by atoms with Crippen LogP contribution in [-0.2, 0) is 4.79 Å². The minimum Gasteiger partial charge on any atom is -0.481 e. The Morgan fingerprint density at radius 2 is 2.10 bits per heavy atom. The fourth-order valence-electron chi connectivity index (χ4n) is 1.88. The van der Waals surface area contributed by atoms with Crippen LogP contribution in [0, 0.1) is 28.8 Å². The quantitative estimate of drug-likeness (QED) is 0.615. The van der Waals surface area contributed by atoms with Crippen LogP contribution in [-0.4, -0.2) is 28.5 Å². The van der Waals surface area contributed by atoms with Crippen LogP contribution in [0.15, 0.2) is 12.1 Å². The Morgan fingerprint density at radius 1 is 1.48 bits per heavy atom. The number of amides is 1. The van der Waals surface area contributed by atoms with Crippen LogP contribution in [0.3, 0.4) is 0 Å². The molecular weight excluding hydrogens is 283 g/mol. The highest BCUT2D eigenvalue weighted by molar-refractivity contribution is 5.98. The molecule has 1 unspecified atom stereocenters. The third-order valence-corrected chi connectivity index (χ3v) is 2.83. The first-order valence-corrected chi connectivity index (χ1v) is 6.17. The minimum atomic E-state index is -1.01. The maximum absolute atomic E-state index is 13.3. The van der Waals surface area contributed by atoms with Gasteiger partial charge in [-0.1, -0.05) is 6.92 Å². The van der Waals surface area contributed by atoms with Gasteiger partial charge in [0.1, 0.15) is 11.4 Å². The molecule has 0 heterocycles. The van der Waals surface area contributed by atoms with Gasteiger partial charge in [-0.3, -0.25) is 19.7 Å². The zero-order valence-electron chi connectivity index (χ0n) is 11.6. The zero-order valence-corrected chi connectivity index (χ0v) is 11.6. The molecule has 1 aromatic carbocycles. The molecule has 7 nitrogen and oxygen atoms in total. The van der Waals surface area contributed by atoms with Crippen molar-refractivity contribution in [2.24, 2.45) is 5.92 Å². The Labute approximate surface area is 119 Å². The van der Waals surface area contributed by atoms with E-state index in [-0.39, 0.29) is 30.0 Å². The summed E-state index contributed by atoms with van der Waals surface area (Å²) in [5.74, 6) is -2.91. The van der Waals surface area contributed by atoms with Crippen LogP contribution in [0.25, 0.3) is 0 Å². The number of aliphatic carboxylic acids is 1. The number of carbonyl (C=O) groups is 2. The number of carboxylic acids is 1. The molecule has 0 aliphatic heterocycles. The van der Waals surface area contributed by atoms with E-state index in [0.717, 1.165) is 12.1 Å². The molecule has 0 aromatic heterocycles. The molecule has 0 spiro atoms. The Morgan fingerprint density at radius 3 is 2.62 bits per heavy atom. The van der Waals surface area contributed by atoms with Crippen LogP contribution in [0.1, 0.15) is 29.3 Å². The lowest BCUT2D eigenvalue weighted by atomic mass is 10.1. The standard InChI is InChI=1S/C13H15FN2O5/c1-7(3-11(17)18)6-15-13(19)10-5-9(14)4-8(2)12(10)16(20)21/h4-5,7H,3,6H2,1-2H3,(H,15,19)(H,17,18). The van der Waals surface area contributed by atoms with Crippen molar-refractivity contribution in [3.63, 3.8) is 0 Å². The summed E-state index contributed by atoms with van der Waals surface area (Å²) >= 11 is 0. The Balaban J connectivity index is 2.92. The van der Waals surface area contributed by atoms with Gasteiger partial charge in [-0.2, -0.15) is 0 Å². The first kappa shape index (κ1) is 16.5. The normalized spacial score (nSPS) is 11.8. The van der Waals surface area contributed by atoms with Crippen LogP contribution in [0.2, 0.25) is 0 Å². The molecule has 8 heteroatoms. The molecule has 1 amide bonds. The third kappa shape index (κ3) is 4.51. The number of nitrogens with zero attached hydrogens (tertiary/aromatic N) is 1. The largest absolute Gasteiger partial charge is 0.481 e. The first-order valence-electron chi connectivity index (χ1n) is 6.17. The molecule has 0 bridgehead atoms. The van der Waals surface area contributed by atoms with Gasteiger partial charge in [-0.15, -0.1) is 0 Å². The summed E-state index contributed by atoms with van der Waals surface area (Å²) < 4.78 is 13.3. The van der Waals surface area contributed by atoms with Gasteiger partial charge < -0.3 is 10.4 Å². The van der Waals surface area contributed by atoms with Crippen LogP contribution >= 0.6 is 0 Å². The van der Waals surface area contributed by atoms with Crippen molar-refractivity contribution in [2.75, 3.05) is 6.54 Å². The number of hydrogen-bond acceptors (Lipinski definition) is 4. The maximum Gasteiger partial charge on any atom is 0.303 e. The van der Waals surface area contributed by atoms with Crippen molar-refractivity contribution in [2.45, 2.75) is 20.3 Å². The van der Waals surface area contributed by atoms with Gasteiger partial charge in [0.15, 0.2) is 0 Å². The summed E-state index contributed by atoms with van der Waals surface area (Å²) in [7, 11) is 0. The number of nitro groups is 1. The molecule has 114 valence electrons. The number of hydrogen-bond donors (Lipinski definition) is 2. The molecule has 1 aromatic rings. The second-order valence-corrected chi connectivity index (χ2v) is 4.79. The number of benzene rings is 1. The number of carboxylic acid groups (broad SMARTS) is 1. The average Bonchev–Trinajstić information content (AvgIpc) is 2.33. The molecule has 21 heavy (non-hydrogen) atoms. The molecule has 0 saturated carbocycles. The maximum atomic E-state index is 13.3. The predicted molar refractivity (Wildman–Crippen MR) is 71.5 cm³/mol. The van der Waals surface area contributed by atoms with E-state index in [1.807, 2.05) is 0 Å². The van der Waals surface area contributed by atoms with Crippen LogP contribution in [0.5, 0.6) is 0 Å². The lowest BCUT2D eigenvalue weighted by molar-refractivity contribution is -0.385. The van der Waals surface area contributed by atoms with Crippen LogP contribution < -0.4 is 5.32 Å². The SMILES string of the molecule is Cc1cc(F)cc(C(=O)NCC(C)CC(=O)O)c1[N+](=O)[O-]. The zero-order chi connectivity index (χ0) is 16.2. The number of halogens is 1. The fraction of sp³-hybridized carbons (Fsp3) is 0.385. The monoisotopic (exact) mass is 298 g/mol. The number of nitro benzene ring substituents is 1. The summed E-state index contributed by atoms with van der Waals surface area (Å²) in [6.07, 6.45) is -0.148. The summed E-state index contributed by atoms with van der Waals surface area (Å²) in [6.45, 7) is 2.97. The van der Waals surface area contributed by atoms with E-state index >= 15 is 0 Å². The Hall–Kier alpha value is -2.51. The van der Waals surface area contributed by atoms with Crippen LogP contribution in [0.4, 0.5) is 10.1 Å². The molecule has 1 rings (SSSR count). The van der Waals surface area contributed by atoms with E-state index in [9.17, 15) is 24.1 Å². The van der Waals surface area contributed by atoms with Crippen molar-refractivity contribution in [3.8, 4) is 0 Å². The number of carbonyl (C=O) groups excluding carboxylic acids is 1. The summed E-state index contributed by atoms with van der Waals surface area (Å²) in [5, 5.41) is 22.0. The van der Waals surface area contributed by atoms with E-state index in [1.165, 1.54) is 6.92 Å². The second kappa shape index (κ2) is 6.78. The molecule has 0 fully saturated rings. The smallest absolute Gasteiger partial charge is 0.303 e. The topological polar surface area (TPSA) is 110 Å². The highest BCUT2D eigenvalue weighted by Crippen LogP contribution is 2.24. The highest BCUT2D eigenvalue weighted by atomic mass is 19.1. The minimum absolute atomic E-state index is 0.0256. The predicted octanol–water partition coefficient (Wildman–Crippen LogP) is 1.88. The molecule has 2 N–H and O–H groups in total. The molecule has 0 radical (unpaired) electrons. The number of rotatable bonds is 6. The highest BCUT2D eigenvalue weighted by Gasteiger charge is 2.24. The van der Waals surface area contributed by atoms with Crippen molar-refractivity contribution < 1.29 is 24.0 Å². The first-order chi connectivity index (χ1) is 9.72. The van der Waals surface area contributed by atoms with Gasteiger partial charge in [0, 0.05) is 18.5 Å². The lowest BCUT2D eigenvalue weighted by Gasteiger charge is -2.11. The van der Waals surface area contributed by atoms with E-state index in [4.69, 9.17) is 5.11 Å². The van der Waals surface area contributed by atoms with Gasteiger partial charge >= 0.3 is 5.97 Å². The van der Waals surface area contributed by atoms with Gasteiger partial charge in [0.25, 0.3) is 11.6 Å². The van der Waals surface area contributed by atoms with Gasteiger partial charge in [0.05, 0.1) is 4.92 Å². The Bertz CT molecular complexity index is 588. The summed E-state index contributed by atoms with van der Waals surface area (Å²) in [6, 6.07) is 1.77. The third-order valence-electron chi connectivity index (χ3n) is 2.83. The number of aryl methyl sites for hydroxylation is 1. The van der Waals surface area contributed by atoms with E-state index < -0.39 is 28.3 Å². The van der Waals surface area contributed by atoms with Gasteiger partial charge in [-0.25, -0.2) is 4.39 Å². The van der Waals surface area contributed by atoms with Crippen molar-refractivity contribution in [1.82, 2.24) is 5.32 Å². The summed E-state index contributed by atoms with van der Waals surface area (Å²) in [4.78, 5) is 32.7. The average molecular weight is 298 g/mol. The van der Waals surface area contributed by atoms with Crippen molar-refractivity contribution in [3.05, 3.63) is 39.2 Å². The summed E-state index contributed by atoms with van der Waals surface area (Å²) in [5.41, 5.74) is -0.788. The van der Waals surface area contributed by atoms with Gasteiger partial charge in [-0.05, 0) is 25.0 Å². The fourth-order valence-corrected chi connectivity index (χ4v) is 1.88. The van der Waals surface area contributed by atoms with E-state index in [0.29, 0.717) is 0 Å². The van der Waals surface area contributed by atoms with Crippen molar-refractivity contribution in [1.29, 1.82) is 0 Å². The lowest BCUT2D eigenvalue weighted by Crippen LogP contribution is -2.30. The molecule has 0 aliphatic carbocycles. The van der Waals surface area contributed by atoms with Crippen molar-refractivity contribution >= 4 is 17.6 Å². The van der Waals surface area contributed by atoms with E-state index in [2.05, 4.69) is 5.32 Å². The number of nitrogens with one attached hydrogen (secondary N) is 1. The van der Waals surface area contributed by atoms with E-state index in [1.54, 1.807) is 6.92 Å². The van der Waals surface area contributed by atoms with Gasteiger partial charge in [0.2, 0.25) is 0 Å². The molecular formula is C13H15FN2O5. The Kier molecular flexibility index (Phi) is 5.34.